The number of nitrogens with zero attached hydrogens (tertiary/aromatic N) is 3. The second kappa shape index (κ2) is 11.7. The third kappa shape index (κ3) is 5.69. The van der Waals surface area contributed by atoms with E-state index in [0.29, 0.717) is 16.9 Å². The molecule has 0 saturated carbocycles. The van der Waals surface area contributed by atoms with Gasteiger partial charge in [0, 0.05) is 17.8 Å². The first-order valence-corrected chi connectivity index (χ1v) is 12.1. The Bertz CT molecular complexity index is 1430. The molecule has 0 saturated heterocycles. The van der Waals surface area contributed by atoms with Crippen LogP contribution in [0.5, 0.6) is 5.75 Å². The molecule has 0 atom stereocenters. The van der Waals surface area contributed by atoms with Gasteiger partial charge in [-0.25, -0.2) is 8.78 Å². The van der Waals surface area contributed by atoms with Crippen molar-refractivity contribution in [1.82, 2.24) is 9.88 Å². The largest absolute Gasteiger partial charge is 0.487 e. The lowest BCUT2D eigenvalue weighted by molar-refractivity contribution is -0.119. The fourth-order valence-corrected chi connectivity index (χ4v) is 4.29. The second-order valence-corrected chi connectivity index (χ2v) is 8.94. The van der Waals surface area contributed by atoms with Crippen molar-refractivity contribution >= 4 is 34.8 Å². The number of pyridine rings is 1. The lowest BCUT2D eigenvalue weighted by Gasteiger charge is -2.18. The number of ether oxygens (including phenoxy) is 1. The number of benzene rings is 2. The number of fused-ring (bicyclic) bond motifs is 1. The fraction of sp³-hybridized carbons (Fsp3) is 0.269. The number of likely N-dealkylation sites (N-methyl/N-ethyl adjacent to an activating group) is 1. The molecule has 2 amide bonds. The molecule has 1 aromatic heterocycles. The van der Waals surface area contributed by atoms with Crippen LogP contribution in [0.4, 0.5) is 20.2 Å². The number of halogens is 3. The maximum atomic E-state index is 13.9. The zero-order valence-corrected chi connectivity index (χ0v) is 21.2. The van der Waals surface area contributed by atoms with Crippen LogP contribution >= 0.6 is 11.6 Å². The summed E-state index contributed by atoms with van der Waals surface area (Å²) in [4.78, 5) is 41.0. The molecule has 200 valence electrons. The minimum atomic E-state index is -0.773. The Morgan fingerprint density at radius 1 is 1.08 bits per heavy atom. The van der Waals surface area contributed by atoms with Crippen molar-refractivity contribution < 1.29 is 28.2 Å². The molecule has 0 bridgehead atoms. The van der Waals surface area contributed by atoms with Crippen molar-refractivity contribution in [2.24, 2.45) is 0 Å². The quantitative estimate of drug-likeness (QED) is 0.428. The van der Waals surface area contributed by atoms with Crippen molar-refractivity contribution in [1.29, 1.82) is 0 Å². The number of hydrogen-bond donors (Lipinski definition) is 2. The van der Waals surface area contributed by atoms with Crippen LogP contribution in [0.1, 0.15) is 17.5 Å². The van der Waals surface area contributed by atoms with E-state index in [1.807, 2.05) is 0 Å². The Morgan fingerprint density at radius 3 is 2.55 bits per heavy atom. The zero-order chi connectivity index (χ0) is 27.4. The second-order valence-electron chi connectivity index (χ2n) is 8.56. The molecule has 12 heteroatoms. The Kier molecular flexibility index (Phi) is 8.40. The van der Waals surface area contributed by atoms with E-state index in [1.54, 1.807) is 25.2 Å². The molecule has 0 fully saturated rings. The molecule has 0 radical (unpaired) electrons. The van der Waals surface area contributed by atoms with Crippen LogP contribution < -0.4 is 25.4 Å². The zero-order valence-electron chi connectivity index (χ0n) is 20.4. The number of aliphatic hydroxyl groups excluding tert-OH is 1. The van der Waals surface area contributed by atoms with Gasteiger partial charge in [0.05, 0.1) is 37.5 Å². The van der Waals surface area contributed by atoms with Gasteiger partial charge >= 0.3 is 0 Å². The Morgan fingerprint density at radius 2 is 1.84 bits per heavy atom. The number of anilines is 2. The molecule has 1 aliphatic heterocycles. The molecule has 2 aromatic carbocycles. The first kappa shape index (κ1) is 27.2. The number of carbonyl (C=O) groups is 2. The minimum absolute atomic E-state index is 0.0184. The summed E-state index contributed by atoms with van der Waals surface area (Å²) >= 11 is 6.24. The van der Waals surface area contributed by atoms with Crippen LogP contribution in [0.25, 0.3) is 0 Å². The molecule has 2 N–H and O–H groups in total. The Hall–Kier alpha value is -3.80. The predicted octanol–water partition coefficient (Wildman–Crippen LogP) is 2.65. The average Bonchev–Trinajstić information content (AvgIpc) is 3.27. The highest BCUT2D eigenvalue weighted by Crippen LogP contribution is 2.37. The summed E-state index contributed by atoms with van der Waals surface area (Å²) in [5.41, 5.74) is 1.26. The minimum Gasteiger partial charge on any atom is -0.487 e. The first-order chi connectivity index (χ1) is 18.2. The van der Waals surface area contributed by atoms with E-state index in [1.165, 1.54) is 32.7 Å². The highest BCUT2D eigenvalue weighted by atomic mass is 35.5. The molecule has 0 spiro atoms. The normalized spacial score (nSPS) is 12.6. The smallest absolute Gasteiger partial charge is 0.273 e. The van der Waals surface area contributed by atoms with Crippen molar-refractivity contribution in [2.75, 3.05) is 36.7 Å². The Labute approximate surface area is 221 Å². The third-order valence-electron chi connectivity index (χ3n) is 5.98. The maximum Gasteiger partial charge on any atom is 0.273 e. The van der Waals surface area contributed by atoms with Crippen LogP contribution in [0.15, 0.2) is 53.5 Å². The number of hydrogen-bond acceptors (Lipinski definition) is 6. The van der Waals surface area contributed by atoms with Gasteiger partial charge in [0.15, 0.2) is 0 Å². The third-order valence-corrected chi connectivity index (χ3v) is 6.33. The van der Waals surface area contributed by atoms with Gasteiger partial charge in [0.25, 0.3) is 5.56 Å². The number of amides is 2. The lowest BCUT2D eigenvalue weighted by atomic mass is 10.1. The van der Waals surface area contributed by atoms with Gasteiger partial charge in [-0.05, 0) is 42.9 Å². The van der Waals surface area contributed by atoms with Gasteiger partial charge in [-0.1, -0.05) is 17.7 Å². The summed E-state index contributed by atoms with van der Waals surface area (Å²) in [5, 5.41) is 11.8. The van der Waals surface area contributed by atoms with Gasteiger partial charge in [0.2, 0.25) is 11.8 Å². The Balaban J connectivity index is 1.56. The predicted molar refractivity (Wildman–Crippen MR) is 137 cm³/mol. The fourth-order valence-electron chi connectivity index (χ4n) is 4.07. The standard InChI is InChI=1S/C26H25ClF2N4O5/c1-30-12-24(36)33-15-32(23(35)7-9-34)20-5-2-16(10-21(20)33)13-31-8-6-22(25(27)26(31)37)38-14-17-3-4-18(28)11-19(17)29/h2-6,8,10-11,30,34H,7,9,12-15H2,1H3. The molecule has 0 aliphatic carbocycles. The molecule has 3 aromatic rings. The van der Waals surface area contributed by atoms with Crippen LogP contribution in [0, 0.1) is 11.6 Å². The summed E-state index contributed by atoms with van der Waals surface area (Å²) in [7, 11) is 1.64. The van der Waals surface area contributed by atoms with Gasteiger partial charge in [-0.2, -0.15) is 0 Å². The van der Waals surface area contributed by atoms with E-state index in [0.717, 1.165) is 12.1 Å². The van der Waals surface area contributed by atoms with Crippen molar-refractivity contribution in [3.63, 3.8) is 0 Å². The SMILES string of the molecule is CNCC(=O)N1CN(C(=O)CCO)c2ccc(Cn3ccc(OCc4ccc(F)cc4F)c(Cl)c3=O)cc21. The summed E-state index contributed by atoms with van der Waals surface area (Å²) in [6, 6.07) is 9.70. The van der Waals surface area contributed by atoms with Crippen molar-refractivity contribution in [2.45, 2.75) is 19.6 Å². The van der Waals surface area contributed by atoms with Crippen LogP contribution in [0.3, 0.4) is 0 Å². The van der Waals surface area contributed by atoms with Crippen molar-refractivity contribution in [3.05, 3.63) is 86.8 Å². The number of carbonyl (C=O) groups excluding carboxylic acids is 2. The van der Waals surface area contributed by atoms with E-state index >= 15 is 0 Å². The summed E-state index contributed by atoms with van der Waals surface area (Å²) in [5.74, 6) is -2.00. The first-order valence-electron chi connectivity index (χ1n) is 11.7. The van der Waals surface area contributed by atoms with Gasteiger partial charge in [-0.15, -0.1) is 0 Å². The number of rotatable bonds is 9. The van der Waals surface area contributed by atoms with Gasteiger partial charge in [-0.3, -0.25) is 24.2 Å². The average molecular weight is 547 g/mol. The van der Waals surface area contributed by atoms with E-state index in [-0.39, 0.29) is 67.5 Å². The molecule has 4 rings (SSSR count). The summed E-state index contributed by atoms with van der Waals surface area (Å²) in [6.07, 6.45) is 1.39. The summed E-state index contributed by atoms with van der Waals surface area (Å²) in [6.45, 7) is -0.372. The van der Waals surface area contributed by atoms with E-state index in [2.05, 4.69) is 5.32 Å². The van der Waals surface area contributed by atoms with Crippen LogP contribution in [-0.4, -0.2) is 48.4 Å². The molecular formula is C26H25ClF2N4O5. The highest BCUT2D eigenvalue weighted by Gasteiger charge is 2.33. The van der Waals surface area contributed by atoms with Crippen LogP contribution in [0.2, 0.25) is 5.02 Å². The molecule has 1 aliphatic rings. The summed E-state index contributed by atoms with van der Waals surface area (Å²) < 4.78 is 33.8. The topological polar surface area (TPSA) is 104 Å². The molecular weight excluding hydrogens is 522 g/mol. The molecule has 9 nitrogen and oxygen atoms in total. The molecule has 38 heavy (non-hydrogen) atoms. The van der Waals surface area contributed by atoms with Gasteiger partial charge < -0.3 is 19.7 Å². The number of aliphatic hydroxyl groups is 1. The lowest BCUT2D eigenvalue weighted by Crippen LogP contribution is -2.41. The van der Waals surface area contributed by atoms with E-state index < -0.39 is 17.2 Å². The van der Waals surface area contributed by atoms with E-state index in [4.69, 9.17) is 16.3 Å². The van der Waals surface area contributed by atoms with Crippen molar-refractivity contribution in [3.8, 4) is 5.75 Å². The number of aromatic nitrogens is 1. The van der Waals surface area contributed by atoms with E-state index in [9.17, 15) is 28.3 Å². The number of nitrogens with one attached hydrogen (secondary N) is 1. The van der Waals surface area contributed by atoms with Crippen LogP contribution in [-0.2, 0) is 22.7 Å². The molecule has 0 unspecified atom stereocenters. The van der Waals surface area contributed by atoms with Gasteiger partial charge in [0.1, 0.15) is 35.7 Å². The monoisotopic (exact) mass is 546 g/mol. The highest BCUT2D eigenvalue weighted by molar-refractivity contribution is 6.31. The maximum absolute atomic E-state index is 13.9. The molecule has 2 heterocycles.